The molecule has 0 aromatic carbocycles. The first kappa shape index (κ1) is 14.7. The molecular formula is C12H18N4O3S. The Hall–Kier alpha value is -1.67. The van der Waals surface area contributed by atoms with Gasteiger partial charge in [0.05, 0.1) is 4.92 Å². The molecule has 0 radical (unpaired) electrons. The topological polar surface area (TPSA) is 78.7 Å². The number of nitrogens with one attached hydrogen (secondary N) is 1. The van der Waals surface area contributed by atoms with E-state index in [4.69, 9.17) is 0 Å². The Labute approximate surface area is 121 Å². The number of piperazine rings is 1. The molecule has 8 heteroatoms. The number of carbonyl (C=O) groups excluding carboxylic acids is 1. The Morgan fingerprint density at radius 1 is 1.45 bits per heavy atom. The number of rotatable bonds is 4. The minimum absolute atomic E-state index is 0.0154. The van der Waals surface area contributed by atoms with Gasteiger partial charge in [-0.2, -0.15) is 0 Å². The summed E-state index contributed by atoms with van der Waals surface area (Å²) in [5, 5.41) is 15.4. The van der Waals surface area contributed by atoms with Crippen LogP contribution in [0.5, 0.6) is 0 Å². The third-order valence-electron chi connectivity index (χ3n) is 3.21. The maximum atomic E-state index is 11.7. The van der Waals surface area contributed by atoms with Gasteiger partial charge in [0, 0.05) is 50.7 Å². The van der Waals surface area contributed by atoms with Crippen LogP contribution in [0.2, 0.25) is 0 Å². The fraction of sp³-hybridized carbons (Fsp3) is 0.583. The second-order valence-corrected chi connectivity index (χ2v) is 5.54. The van der Waals surface area contributed by atoms with Crippen LogP contribution < -0.4 is 5.32 Å². The molecule has 0 bridgehead atoms. The fourth-order valence-corrected chi connectivity index (χ4v) is 2.89. The number of urea groups is 1. The van der Waals surface area contributed by atoms with Gasteiger partial charge in [-0.15, -0.1) is 0 Å². The Balaban J connectivity index is 1.82. The zero-order valence-electron chi connectivity index (χ0n) is 11.4. The highest BCUT2D eigenvalue weighted by atomic mass is 32.1. The molecule has 110 valence electrons. The molecule has 1 aliphatic heterocycles. The summed E-state index contributed by atoms with van der Waals surface area (Å²) < 4.78 is 0. The number of nitrogens with zero attached hydrogens (tertiary/aromatic N) is 3. The maximum Gasteiger partial charge on any atom is 0.324 e. The van der Waals surface area contributed by atoms with Crippen molar-refractivity contribution in [3.05, 3.63) is 27.1 Å². The molecule has 7 nitrogen and oxygen atoms in total. The van der Waals surface area contributed by atoms with Crippen LogP contribution in [0, 0.1) is 10.1 Å². The molecule has 2 rings (SSSR count). The van der Waals surface area contributed by atoms with Gasteiger partial charge in [-0.25, -0.2) is 4.79 Å². The summed E-state index contributed by atoms with van der Waals surface area (Å²) in [5.41, 5.74) is 0.966. The van der Waals surface area contributed by atoms with Gasteiger partial charge in [-0.05, 0) is 12.5 Å². The maximum absolute atomic E-state index is 11.7. The minimum atomic E-state index is -0.360. The highest BCUT2D eigenvalue weighted by Crippen LogP contribution is 2.23. The molecule has 1 aromatic heterocycles. The smallest absolute Gasteiger partial charge is 0.324 e. The number of hydrogen-bond donors (Lipinski definition) is 1. The van der Waals surface area contributed by atoms with Crippen molar-refractivity contribution in [3.8, 4) is 0 Å². The van der Waals surface area contributed by atoms with Crippen molar-refractivity contribution in [2.45, 2.75) is 13.5 Å². The Morgan fingerprint density at radius 2 is 2.15 bits per heavy atom. The van der Waals surface area contributed by atoms with E-state index in [0.717, 1.165) is 30.0 Å². The van der Waals surface area contributed by atoms with Crippen LogP contribution in [0.25, 0.3) is 0 Å². The summed E-state index contributed by atoms with van der Waals surface area (Å²) in [6, 6.07) is 1.61. The lowest BCUT2D eigenvalue weighted by Gasteiger charge is -2.34. The lowest BCUT2D eigenvalue weighted by Crippen LogP contribution is -2.51. The van der Waals surface area contributed by atoms with Crippen LogP contribution in [0.3, 0.4) is 0 Å². The van der Waals surface area contributed by atoms with Gasteiger partial charge < -0.3 is 10.2 Å². The molecule has 0 saturated carbocycles. The van der Waals surface area contributed by atoms with E-state index in [2.05, 4.69) is 10.2 Å². The van der Waals surface area contributed by atoms with E-state index in [1.807, 2.05) is 12.3 Å². The molecule has 1 aliphatic rings. The first-order valence-corrected chi connectivity index (χ1v) is 7.45. The summed E-state index contributed by atoms with van der Waals surface area (Å²) in [6.45, 7) is 6.21. The molecule has 1 N–H and O–H groups in total. The van der Waals surface area contributed by atoms with E-state index in [0.29, 0.717) is 26.2 Å². The Kier molecular flexibility index (Phi) is 4.91. The highest BCUT2D eigenvalue weighted by molar-refractivity contribution is 7.13. The van der Waals surface area contributed by atoms with Gasteiger partial charge in [-0.3, -0.25) is 15.0 Å². The summed E-state index contributed by atoms with van der Waals surface area (Å²) in [6.07, 6.45) is 0. The molecule has 0 spiro atoms. The van der Waals surface area contributed by atoms with Gasteiger partial charge in [-0.1, -0.05) is 11.3 Å². The third-order valence-corrected chi connectivity index (χ3v) is 4.14. The second-order valence-electron chi connectivity index (χ2n) is 4.65. The first-order valence-electron chi connectivity index (χ1n) is 6.57. The fourth-order valence-electron chi connectivity index (χ4n) is 2.17. The summed E-state index contributed by atoms with van der Waals surface area (Å²) in [4.78, 5) is 26.0. The quantitative estimate of drug-likeness (QED) is 0.675. The molecule has 0 aliphatic carbocycles. The lowest BCUT2D eigenvalue weighted by molar-refractivity contribution is -0.380. The van der Waals surface area contributed by atoms with E-state index < -0.39 is 0 Å². The van der Waals surface area contributed by atoms with Crippen molar-refractivity contribution >= 4 is 22.4 Å². The van der Waals surface area contributed by atoms with Crippen LogP contribution in [0.4, 0.5) is 9.80 Å². The van der Waals surface area contributed by atoms with Crippen LogP contribution in [0.1, 0.15) is 12.5 Å². The van der Waals surface area contributed by atoms with Crippen LogP contribution >= 0.6 is 11.3 Å². The highest BCUT2D eigenvalue weighted by Gasteiger charge is 2.21. The van der Waals surface area contributed by atoms with Crippen molar-refractivity contribution < 1.29 is 9.72 Å². The molecule has 20 heavy (non-hydrogen) atoms. The van der Waals surface area contributed by atoms with Crippen LogP contribution in [-0.2, 0) is 6.54 Å². The molecule has 2 amide bonds. The molecule has 1 aromatic rings. The Morgan fingerprint density at radius 3 is 2.70 bits per heavy atom. The normalized spacial score (nSPS) is 16.1. The average Bonchev–Trinajstić information content (AvgIpc) is 2.88. The zero-order chi connectivity index (χ0) is 14.5. The van der Waals surface area contributed by atoms with Crippen LogP contribution in [0.15, 0.2) is 11.4 Å². The standard InChI is InChI=1S/C12H18N4O3S/c1-2-13-12(17)15-5-3-14(4-6-15)8-10-7-11(16(18)19)20-9-10/h7,9H,2-6,8H2,1H3,(H,13,17). The van der Waals surface area contributed by atoms with Gasteiger partial charge in [0.25, 0.3) is 0 Å². The predicted octanol–water partition coefficient (Wildman–Crippen LogP) is 1.50. The van der Waals surface area contributed by atoms with Crippen LogP contribution in [-0.4, -0.2) is 53.5 Å². The molecule has 1 saturated heterocycles. The number of nitro groups is 1. The summed E-state index contributed by atoms with van der Waals surface area (Å²) in [5.74, 6) is 0. The minimum Gasteiger partial charge on any atom is -0.338 e. The van der Waals surface area contributed by atoms with Crippen molar-refractivity contribution in [2.75, 3.05) is 32.7 Å². The number of thiophene rings is 1. The zero-order valence-corrected chi connectivity index (χ0v) is 12.2. The van der Waals surface area contributed by atoms with E-state index in [1.165, 1.54) is 0 Å². The van der Waals surface area contributed by atoms with Crippen molar-refractivity contribution in [1.82, 2.24) is 15.1 Å². The molecule has 0 unspecified atom stereocenters. The number of amides is 2. The van der Waals surface area contributed by atoms with Crippen molar-refractivity contribution in [1.29, 1.82) is 0 Å². The predicted molar refractivity (Wildman–Crippen MR) is 76.9 cm³/mol. The van der Waals surface area contributed by atoms with E-state index in [-0.39, 0.29) is 16.0 Å². The van der Waals surface area contributed by atoms with Gasteiger partial charge in [0.15, 0.2) is 0 Å². The van der Waals surface area contributed by atoms with E-state index in [9.17, 15) is 14.9 Å². The van der Waals surface area contributed by atoms with E-state index >= 15 is 0 Å². The first-order chi connectivity index (χ1) is 9.60. The summed E-state index contributed by atoms with van der Waals surface area (Å²) in [7, 11) is 0. The summed E-state index contributed by atoms with van der Waals surface area (Å²) >= 11 is 1.16. The largest absolute Gasteiger partial charge is 0.338 e. The molecule has 2 heterocycles. The second kappa shape index (κ2) is 6.67. The van der Waals surface area contributed by atoms with Crippen molar-refractivity contribution in [2.24, 2.45) is 0 Å². The van der Waals surface area contributed by atoms with Gasteiger partial charge in [0.1, 0.15) is 0 Å². The third kappa shape index (κ3) is 3.67. The molecule has 0 atom stereocenters. The monoisotopic (exact) mass is 298 g/mol. The number of carbonyl (C=O) groups is 1. The number of hydrogen-bond acceptors (Lipinski definition) is 5. The molecule has 1 fully saturated rings. The van der Waals surface area contributed by atoms with E-state index in [1.54, 1.807) is 11.0 Å². The Bertz CT molecular complexity index is 483. The van der Waals surface area contributed by atoms with Gasteiger partial charge in [0.2, 0.25) is 0 Å². The van der Waals surface area contributed by atoms with Gasteiger partial charge >= 0.3 is 11.0 Å². The molecular weight excluding hydrogens is 280 g/mol. The SMILES string of the molecule is CCNC(=O)N1CCN(Cc2csc([N+](=O)[O-])c2)CC1. The average molecular weight is 298 g/mol. The lowest BCUT2D eigenvalue weighted by atomic mass is 10.2. The van der Waals surface area contributed by atoms with Crippen molar-refractivity contribution in [3.63, 3.8) is 0 Å².